The summed E-state index contributed by atoms with van der Waals surface area (Å²) in [5.41, 5.74) is 6.35. The first kappa shape index (κ1) is 13.4. The summed E-state index contributed by atoms with van der Waals surface area (Å²) in [6.45, 7) is 0.446. The van der Waals surface area contributed by atoms with Crippen molar-refractivity contribution in [3.05, 3.63) is 11.9 Å². The molecule has 19 heavy (non-hydrogen) atoms. The topological polar surface area (TPSA) is 102 Å². The lowest BCUT2D eigenvalue weighted by Gasteiger charge is -2.06. The first-order valence-electron chi connectivity index (χ1n) is 6.43. The lowest BCUT2D eigenvalue weighted by molar-refractivity contribution is -0.121. The Morgan fingerprint density at radius 3 is 2.84 bits per heavy atom. The summed E-state index contributed by atoms with van der Waals surface area (Å²) < 4.78 is 1.43. The number of aryl methyl sites for hydroxylation is 1. The summed E-state index contributed by atoms with van der Waals surface area (Å²) in [6.07, 6.45) is 4.65. The fourth-order valence-corrected chi connectivity index (χ4v) is 1.79. The predicted molar refractivity (Wildman–Crippen MR) is 70.4 cm³/mol. The number of nitrogens with zero attached hydrogens (tertiary/aromatic N) is 2. The van der Waals surface area contributed by atoms with E-state index in [9.17, 15) is 9.59 Å². The van der Waals surface area contributed by atoms with E-state index in [-0.39, 0.29) is 11.8 Å². The van der Waals surface area contributed by atoms with Crippen molar-refractivity contribution in [2.45, 2.75) is 31.7 Å². The van der Waals surface area contributed by atoms with Gasteiger partial charge in [-0.05, 0) is 19.3 Å². The van der Waals surface area contributed by atoms with Crippen LogP contribution in [-0.4, -0.2) is 34.2 Å². The Labute approximate surface area is 111 Å². The van der Waals surface area contributed by atoms with Crippen LogP contribution in [0.5, 0.6) is 0 Å². The summed E-state index contributed by atoms with van der Waals surface area (Å²) in [5, 5.41) is 9.53. The number of amides is 2. The third-order valence-electron chi connectivity index (χ3n) is 2.99. The van der Waals surface area contributed by atoms with E-state index in [0.717, 1.165) is 12.8 Å². The van der Waals surface area contributed by atoms with Crippen LogP contribution in [0.3, 0.4) is 0 Å². The van der Waals surface area contributed by atoms with Gasteiger partial charge in [-0.2, -0.15) is 5.10 Å². The van der Waals surface area contributed by atoms with Crippen LogP contribution in [0.25, 0.3) is 0 Å². The number of rotatable bonds is 6. The van der Waals surface area contributed by atoms with Crippen LogP contribution >= 0.6 is 0 Å². The molecule has 2 rings (SSSR count). The van der Waals surface area contributed by atoms with Crippen LogP contribution in [-0.2, 0) is 11.8 Å². The number of nitrogens with two attached hydrogens (primary N) is 1. The fraction of sp³-hybridized carbons (Fsp3) is 0.583. The quantitative estimate of drug-likeness (QED) is 0.619. The highest BCUT2D eigenvalue weighted by Crippen LogP contribution is 2.18. The van der Waals surface area contributed by atoms with Gasteiger partial charge in [0.05, 0.1) is 11.9 Å². The smallest absolute Gasteiger partial charge is 0.271 e. The van der Waals surface area contributed by atoms with E-state index in [4.69, 9.17) is 5.73 Å². The molecule has 2 amide bonds. The highest BCUT2D eigenvalue weighted by molar-refractivity contribution is 5.97. The van der Waals surface area contributed by atoms with Gasteiger partial charge < -0.3 is 16.4 Å². The molecule has 0 atom stereocenters. The van der Waals surface area contributed by atoms with Gasteiger partial charge in [0.2, 0.25) is 5.91 Å². The molecule has 7 nitrogen and oxygen atoms in total. The zero-order chi connectivity index (χ0) is 13.8. The summed E-state index contributed by atoms with van der Waals surface area (Å²) >= 11 is 0. The Morgan fingerprint density at radius 2 is 2.26 bits per heavy atom. The molecular formula is C12H19N5O2. The van der Waals surface area contributed by atoms with Crippen molar-refractivity contribution in [3.8, 4) is 0 Å². The van der Waals surface area contributed by atoms with Gasteiger partial charge in [0.15, 0.2) is 0 Å². The third-order valence-corrected chi connectivity index (χ3v) is 2.99. The van der Waals surface area contributed by atoms with Crippen LogP contribution in [0.1, 0.15) is 36.2 Å². The molecule has 0 spiro atoms. The Balaban J connectivity index is 1.67. The average Bonchev–Trinajstić information content (AvgIpc) is 3.10. The zero-order valence-corrected chi connectivity index (χ0v) is 11.0. The lowest BCUT2D eigenvalue weighted by atomic mass is 10.2. The second-order valence-corrected chi connectivity index (χ2v) is 4.77. The second kappa shape index (κ2) is 5.73. The Bertz CT molecular complexity index is 459. The molecule has 1 saturated carbocycles. The summed E-state index contributed by atoms with van der Waals surface area (Å²) in [4.78, 5) is 23.2. The summed E-state index contributed by atoms with van der Waals surface area (Å²) in [6, 6.07) is 0.385. The van der Waals surface area contributed by atoms with Gasteiger partial charge in [0.25, 0.3) is 5.91 Å². The molecule has 0 aliphatic heterocycles. The van der Waals surface area contributed by atoms with Gasteiger partial charge in [-0.1, -0.05) is 0 Å². The molecule has 1 aliphatic carbocycles. The SMILES string of the molecule is Cn1ncc(N)c1C(=O)NCCCC(=O)NC1CC1. The van der Waals surface area contributed by atoms with Gasteiger partial charge in [-0.3, -0.25) is 14.3 Å². The highest BCUT2D eigenvalue weighted by atomic mass is 16.2. The number of carbonyl (C=O) groups is 2. The molecule has 0 unspecified atom stereocenters. The van der Waals surface area contributed by atoms with E-state index < -0.39 is 0 Å². The largest absolute Gasteiger partial charge is 0.396 e. The molecule has 1 heterocycles. The average molecular weight is 265 g/mol. The van der Waals surface area contributed by atoms with Crippen molar-refractivity contribution in [2.24, 2.45) is 7.05 Å². The Hall–Kier alpha value is -2.05. The number of carbonyl (C=O) groups excluding carboxylic acids is 2. The minimum absolute atomic E-state index is 0.0526. The van der Waals surface area contributed by atoms with Crippen molar-refractivity contribution in [1.29, 1.82) is 0 Å². The molecule has 0 saturated heterocycles. The van der Waals surface area contributed by atoms with Crippen molar-refractivity contribution >= 4 is 17.5 Å². The molecule has 0 aromatic carbocycles. The minimum Gasteiger partial charge on any atom is -0.396 e. The van der Waals surface area contributed by atoms with E-state index in [2.05, 4.69) is 15.7 Å². The number of nitrogen functional groups attached to an aromatic ring is 1. The molecular weight excluding hydrogens is 246 g/mol. The Kier molecular flexibility index (Phi) is 4.03. The molecule has 104 valence electrons. The standard InChI is InChI=1S/C12H19N5O2/c1-17-11(9(13)7-15-17)12(19)14-6-2-3-10(18)16-8-4-5-8/h7-8H,2-6,13H2,1H3,(H,14,19)(H,16,18). The number of anilines is 1. The number of nitrogens with one attached hydrogen (secondary N) is 2. The highest BCUT2D eigenvalue weighted by Gasteiger charge is 2.22. The maximum atomic E-state index is 11.8. The first-order chi connectivity index (χ1) is 9.08. The summed E-state index contributed by atoms with van der Waals surface area (Å²) in [5.74, 6) is -0.211. The Morgan fingerprint density at radius 1 is 1.53 bits per heavy atom. The van der Waals surface area contributed by atoms with E-state index in [1.807, 2.05) is 0 Å². The van der Waals surface area contributed by atoms with Gasteiger partial charge in [-0.25, -0.2) is 0 Å². The molecule has 1 fully saturated rings. The third kappa shape index (κ3) is 3.70. The lowest BCUT2D eigenvalue weighted by Crippen LogP contribution is -2.29. The second-order valence-electron chi connectivity index (χ2n) is 4.77. The van der Waals surface area contributed by atoms with Crippen LogP contribution in [0, 0.1) is 0 Å². The van der Waals surface area contributed by atoms with E-state index >= 15 is 0 Å². The van der Waals surface area contributed by atoms with Crippen molar-refractivity contribution in [3.63, 3.8) is 0 Å². The number of aromatic nitrogens is 2. The van der Waals surface area contributed by atoms with Crippen LogP contribution in [0.15, 0.2) is 6.20 Å². The molecule has 1 aromatic heterocycles. The number of hydrogen-bond acceptors (Lipinski definition) is 4. The van der Waals surface area contributed by atoms with E-state index in [0.29, 0.717) is 36.8 Å². The maximum Gasteiger partial charge on any atom is 0.271 e. The van der Waals surface area contributed by atoms with E-state index in [1.54, 1.807) is 7.05 Å². The van der Waals surface area contributed by atoms with Gasteiger partial charge in [0, 0.05) is 26.1 Å². The normalized spacial score (nSPS) is 14.2. The molecule has 1 aromatic rings. The van der Waals surface area contributed by atoms with Gasteiger partial charge >= 0.3 is 0 Å². The van der Waals surface area contributed by atoms with Crippen molar-refractivity contribution in [2.75, 3.05) is 12.3 Å². The van der Waals surface area contributed by atoms with Crippen LogP contribution < -0.4 is 16.4 Å². The van der Waals surface area contributed by atoms with Crippen molar-refractivity contribution in [1.82, 2.24) is 20.4 Å². The minimum atomic E-state index is -0.264. The van der Waals surface area contributed by atoms with Crippen LogP contribution in [0.4, 0.5) is 5.69 Å². The predicted octanol–water partition coefficient (Wildman–Crippen LogP) is -0.209. The molecule has 4 N–H and O–H groups in total. The molecule has 0 bridgehead atoms. The number of hydrogen-bond donors (Lipinski definition) is 3. The van der Waals surface area contributed by atoms with Gasteiger partial charge in [0.1, 0.15) is 5.69 Å². The zero-order valence-electron chi connectivity index (χ0n) is 11.0. The maximum absolute atomic E-state index is 11.8. The van der Waals surface area contributed by atoms with Crippen molar-refractivity contribution < 1.29 is 9.59 Å². The van der Waals surface area contributed by atoms with Crippen LogP contribution in [0.2, 0.25) is 0 Å². The summed E-state index contributed by atoms with van der Waals surface area (Å²) in [7, 11) is 1.66. The monoisotopic (exact) mass is 265 g/mol. The van der Waals surface area contributed by atoms with E-state index in [1.165, 1.54) is 10.9 Å². The first-order valence-corrected chi connectivity index (χ1v) is 6.43. The molecule has 7 heteroatoms. The fourth-order valence-electron chi connectivity index (χ4n) is 1.79. The van der Waals surface area contributed by atoms with Gasteiger partial charge in [-0.15, -0.1) is 0 Å². The molecule has 1 aliphatic rings. The molecule has 0 radical (unpaired) electrons.